The van der Waals surface area contributed by atoms with Gasteiger partial charge in [0.05, 0.1) is 5.56 Å². The minimum atomic E-state index is -0.383. The maximum absolute atomic E-state index is 14.0. The molecule has 1 aliphatic rings. The van der Waals surface area contributed by atoms with Crippen LogP contribution in [0.2, 0.25) is 0 Å². The summed E-state index contributed by atoms with van der Waals surface area (Å²) in [4.78, 5) is 23.8. The Hall–Kier alpha value is -3.61. The van der Waals surface area contributed by atoms with Crippen LogP contribution in [0, 0.1) is 11.7 Å². The molecule has 31 heavy (non-hydrogen) atoms. The Labute approximate surface area is 178 Å². The van der Waals surface area contributed by atoms with Crippen molar-refractivity contribution in [3.8, 4) is 11.4 Å². The van der Waals surface area contributed by atoms with Crippen molar-refractivity contribution >= 4 is 16.7 Å². The van der Waals surface area contributed by atoms with Gasteiger partial charge in [-0.05, 0) is 42.3 Å². The van der Waals surface area contributed by atoms with Crippen molar-refractivity contribution in [2.75, 3.05) is 13.1 Å². The number of halogens is 1. The molecule has 1 amide bonds. The van der Waals surface area contributed by atoms with Crippen LogP contribution < -0.4 is 0 Å². The summed E-state index contributed by atoms with van der Waals surface area (Å²) in [5.74, 6) is 0.463. The number of hydrogen-bond donors (Lipinski definition) is 0. The van der Waals surface area contributed by atoms with Crippen LogP contribution in [-0.2, 0) is 6.42 Å². The molecular formula is C24H21FN4O2. The Bertz CT molecular complexity index is 1230. The Morgan fingerprint density at radius 1 is 1.13 bits per heavy atom. The van der Waals surface area contributed by atoms with Crippen molar-refractivity contribution < 1.29 is 13.7 Å². The van der Waals surface area contributed by atoms with E-state index in [4.69, 9.17) is 4.52 Å². The largest absolute Gasteiger partial charge is 0.339 e. The first-order chi connectivity index (χ1) is 15.2. The van der Waals surface area contributed by atoms with E-state index >= 15 is 0 Å². The van der Waals surface area contributed by atoms with Crippen LogP contribution in [0.4, 0.5) is 4.39 Å². The second kappa shape index (κ2) is 8.26. The molecule has 0 radical (unpaired) electrons. The lowest BCUT2D eigenvalue weighted by Gasteiger charge is -2.32. The van der Waals surface area contributed by atoms with Gasteiger partial charge < -0.3 is 9.42 Å². The summed E-state index contributed by atoms with van der Waals surface area (Å²) in [5, 5.41) is 5.80. The molecule has 4 aromatic rings. The SMILES string of the molecule is O=C(c1nccc2ccccc12)N1CCCC(Cc2nc(-c3ccccc3F)no2)C1. The lowest BCUT2D eigenvalue weighted by atomic mass is 9.94. The Kier molecular flexibility index (Phi) is 5.16. The van der Waals surface area contributed by atoms with Gasteiger partial charge in [-0.1, -0.05) is 41.6 Å². The third-order valence-electron chi connectivity index (χ3n) is 5.73. The maximum atomic E-state index is 14.0. The average molecular weight is 416 g/mol. The zero-order valence-corrected chi connectivity index (χ0v) is 16.9. The summed E-state index contributed by atoms with van der Waals surface area (Å²) in [6.07, 6.45) is 4.09. The molecule has 7 heteroatoms. The van der Waals surface area contributed by atoms with E-state index in [-0.39, 0.29) is 23.5 Å². The van der Waals surface area contributed by atoms with Crippen LogP contribution in [0.1, 0.15) is 29.2 Å². The first-order valence-electron chi connectivity index (χ1n) is 10.4. The molecule has 0 N–H and O–H groups in total. The highest BCUT2D eigenvalue weighted by molar-refractivity contribution is 6.05. The van der Waals surface area contributed by atoms with Crippen LogP contribution in [-0.4, -0.2) is 39.0 Å². The maximum Gasteiger partial charge on any atom is 0.273 e. The van der Waals surface area contributed by atoms with Gasteiger partial charge in [0, 0.05) is 31.1 Å². The fourth-order valence-corrected chi connectivity index (χ4v) is 4.19. The molecule has 156 valence electrons. The summed E-state index contributed by atoms with van der Waals surface area (Å²) >= 11 is 0. The fraction of sp³-hybridized carbons (Fsp3) is 0.250. The molecular weight excluding hydrogens is 395 g/mol. The lowest BCUT2D eigenvalue weighted by Crippen LogP contribution is -2.41. The topological polar surface area (TPSA) is 72.1 Å². The van der Waals surface area contributed by atoms with E-state index in [2.05, 4.69) is 15.1 Å². The van der Waals surface area contributed by atoms with E-state index in [0.717, 1.165) is 23.6 Å². The van der Waals surface area contributed by atoms with Crippen LogP contribution in [0.3, 0.4) is 0 Å². The number of pyridine rings is 1. The second-order valence-electron chi connectivity index (χ2n) is 7.84. The van der Waals surface area contributed by atoms with Crippen LogP contribution in [0.5, 0.6) is 0 Å². The van der Waals surface area contributed by atoms with Crippen molar-refractivity contribution in [2.45, 2.75) is 19.3 Å². The highest BCUT2D eigenvalue weighted by atomic mass is 19.1. The molecule has 1 fully saturated rings. The number of benzene rings is 2. The zero-order valence-electron chi connectivity index (χ0n) is 16.9. The molecule has 1 aliphatic heterocycles. The van der Waals surface area contributed by atoms with Crippen molar-refractivity contribution in [2.24, 2.45) is 5.92 Å². The van der Waals surface area contributed by atoms with E-state index in [1.54, 1.807) is 24.4 Å². The van der Waals surface area contributed by atoms with Gasteiger partial charge in [0.25, 0.3) is 5.91 Å². The Balaban J connectivity index is 1.31. The monoisotopic (exact) mass is 416 g/mol. The number of fused-ring (bicyclic) bond motifs is 1. The van der Waals surface area contributed by atoms with Gasteiger partial charge in [-0.2, -0.15) is 4.98 Å². The smallest absolute Gasteiger partial charge is 0.273 e. The van der Waals surface area contributed by atoms with E-state index in [0.29, 0.717) is 36.7 Å². The van der Waals surface area contributed by atoms with Gasteiger partial charge in [-0.15, -0.1) is 0 Å². The number of likely N-dealkylation sites (tertiary alicyclic amines) is 1. The van der Waals surface area contributed by atoms with Crippen molar-refractivity contribution in [1.82, 2.24) is 20.0 Å². The van der Waals surface area contributed by atoms with Crippen molar-refractivity contribution in [3.05, 3.63) is 78.2 Å². The Morgan fingerprint density at radius 3 is 2.87 bits per heavy atom. The predicted molar refractivity (Wildman–Crippen MR) is 114 cm³/mol. The Morgan fingerprint density at radius 2 is 1.97 bits per heavy atom. The minimum absolute atomic E-state index is 0.0564. The van der Waals surface area contributed by atoms with Gasteiger partial charge in [-0.3, -0.25) is 9.78 Å². The van der Waals surface area contributed by atoms with Gasteiger partial charge in [0.2, 0.25) is 11.7 Å². The molecule has 0 bridgehead atoms. The van der Waals surface area contributed by atoms with Gasteiger partial charge in [0.15, 0.2) is 0 Å². The summed E-state index contributed by atoms with van der Waals surface area (Å²) in [5.41, 5.74) is 0.804. The predicted octanol–water partition coefficient (Wildman–Crippen LogP) is 4.52. The summed E-state index contributed by atoms with van der Waals surface area (Å²) in [7, 11) is 0. The normalized spacial score (nSPS) is 16.5. The molecule has 2 aromatic heterocycles. The summed E-state index contributed by atoms with van der Waals surface area (Å²) in [6, 6.07) is 16.1. The quantitative estimate of drug-likeness (QED) is 0.489. The number of amides is 1. The van der Waals surface area contributed by atoms with Gasteiger partial charge in [0.1, 0.15) is 11.5 Å². The molecule has 0 aliphatic carbocycles. The number of carbonyl (C=O) groups excluding carboxylic acids is 1. The third kappa shape index (κ3) is 3.91. The molecule has 3 heterocycles. The number of nitrogens with zero attached hydrogens (tertiary/aromatic N) is 4. The van der Waals surface area contributed by atoms with E-state index < -0.39 is 0 Å². The minimum Gasteiger partial charge on any atom is -0.339 e. The molecule has 1 atom stereocenters. The highest BCUT2D eigenvalue weighted by Gasteiger charge is 2.27. The zero-order chi connectivity index (χ0) is 21.2. The van der Waals surface area contributed by atoms with Crippen LogP contribution in [0.25, 0.3) is 22.2 Å². The molecule has 1 unspecified atom stereocenters. The molecule has 1 saturated heterocycles. The molecule has 5 rings (SSSR count). The molecule has 0 saturated carbocycles. The fourth-order valence-electron chi connectivity index (χ4n) is 4.19. The number of aromatic nitrogens is 3. The lowest BCUT2D eigenvalue weighted by molar-refractivity contribution is 0.0664. The van der Waals surface area contributed by atoms with Crippen LogP contribution >= 0.6 is 0 Å². The third-order valence-corrected chi connectivity index (χ3v) is 5.73. The van der Waals surface area contributed by atoms with Crippen molar-refractivity contribution in [3.63, 3.8) is 0 Å². The average Bonchev–Trinajstić information content (AvgIpc) is 3.27. The van der Waals surface area contributed by atoms with E-state index in [9.17, 15) is 9.18 Å². The second-order valence-corrected chi connectivity index (χ2v) is 7.84. The summed E-state index contributed by atoms with van der Waals surface area (Å²) in [6.45, 7) is 1.30. The van der Waals surface area contributed by atoms with E-state index in [1.165, 1.54) is 6.07 Å². The molecule has 2 aromatic carbocycles. The van der Waals surface area contributed by atoms with Crippen molar-refractivity contribution in [1.29, 1.82) is 0 Å². The number of carbonyl (C=O) groups is 1. The first kappa shape index (κ1) is 19.4. The highest BCUT2D eigenvalue weighted by Crippen LogP contribution is 2.25. The standard InChI is InChI=1S/C24H21FN4O2/c25-20-10-4-3-9-19(20)23-27-21(31-28-23)14-16-6-5-13-29(15-16)24(30)22-18-8-2-1-7-17(18)11-12-26-22/h1-4,7-12,16H,5-6,13-15H2. The van der Waals surface area contributed by atoms with E-state index in [1.807, 2.05) is 35.2 Å². The molecule has 6 nitrogen and oxygen atoms in total. The van der Waals surface area contributed by atoms with Gasteiger partial charge >= 0.3 is 0 Å². The summed E-state index contributed by atoms with van der Waals surface area (Å²) < 4.78 is 19.4. The molecule has 0 spiro atoms. The number of piperidine rings is 1. The number of rotatable bonds is 4. The number of hydrogen-bond acceptors (Lipinski definition) is 5. The first-order valence-corrected chi connectivity index (χ1v) is 10.4. The van der Waals surface area contributed by atoms with Gasteiger partial charge in [-0.25, -0.2) is 4.39 Å². The van der Waals surface area contributed by atoms with Crippen LogP contribution in [0.15, 0.2) is 65.3 Å².